The van der Waals surface area contributed by atoms with Crippen LogP contribution in [0.1, 0.15) is 5.56 Å². The number of fused-ring (bicyclic) bond motifs is 1. The molecule has 4 nitrogen and oxygen atoms in total. The van der Waals surface area contributed by atoms with Gasteiger partial charge in [-0.2, -0.15) is 10.5 Å². The van der Waals surface area contributed by atoms with Crippen LogP contribution in [-0.2, 0) is 4.74 Å². The SMILES string of the molecule is COC(=C(C#N)C#N)c1ccc2sc(-c3ccccc3F)nc2c1. The topological polar surface area (TPSA) is 69.7 Å². The van der Waals surface area contributed by atoms with Gasteiger partial charge in [0.25, 0.3) is 0 Å². The smallest absolute Gasteiger partial charge is 0.172 e. The Morgan fingerprint density at radius 3 is 2.58 bits per heavy atom. The van der Waals surface area contributed by atoms with Crippen LogP contribution in [0.3, 0.4) is 0 Å². The van der Waals surface area contributed by atoms with Crippen LogP contribution >= 0.6 is 11.3 Å². The number of ether oxygens (including phenoxy) is 1. The van der Waals surface area contributed by atoms with E-state index < -0.39 is 0 Å². The minimum Gasteiger partial charge on any atom is -0.494 e. The molecule has 0 saturated heterocycles. The highest BCUT2D eigenvalue weighted by Crippen LogP contribution is 2.33. The largest absolute Gasteiger partial charge is 0.494 e. The molecule has 0 aliphatic rings. The molecule has 3 aromatic rings. The summed E-state index contributed by atoms with van der Waals surface area (Å²) in [6.45, 7) is 0. The molecule has 0 bridgehead atoms. The predicted molar refractivity (Wildman–Crippen MR) is 90.2 cm³/mol. The second kappa shape index (κ2) is 6.49. The molecular formula is C18H10FN3OS. The van der Waals surface area contributed by atoms with Crippen molar-refractivity contribution in [1.82, 2.24) is 4.98 Å². The van der Waals surface area contributed by atoms with Crippen molar-refractivity contribution in [2.45, 2.75) is 0 Å². The van der Waals surface area contributed by atoms with Gasteiger partial charge in [0.15, 0.2) is 11.3 Å². The summed E-state index contributed by atoms with van der Waals surface area (Å²) < 4.78 is 20.0. The van der Waals surface area contributed by atoms with Gasteiger partial charge in [-0.15, -0.1) is 11.3 Å². The predicted octanol–water partition coefficient (Wildman–Crippen LogP) is 4.51. The lowest BCUT2D eigenvalue weighted by Gasteiger charge is -2.05. The van der Waals surface area contributed by atoms with Gasteiger partial charge in [0, 0.05) is 11.1 Å². The summed E-state index contributed by atoms with van der Waals surface area (Å²) in [6, 6.07) is 15.4. The van der Waals surface area contributed by atoms with Crippen LogP contribution in [0.2, 0.25) is 0 Å². The minimum absolute atomic E-state index is 0.110. The van der Waals surface area contributed by atoms with Gasteiger partial charge in [-0.3, -0.25) is 0 Å². The van der Waals surface area contributed by atoms with Crippen molar-refractivity contribution in [2.75, 3.05) is 7.11 Å². The third kappa shape index (κ3) is 2.71. The van der Waals surface area contributed by atoms with Gasteiger partial charge < -0.3 is 4.74 Å². The normalized spacial score (nSPS) is 10.0. The fourth-order valence-electron chi connectivity index (χ4n) is 2.31. The molecule has 1 aromatic heterocycles. The van der Waals surface area contributed by atoms with Crippen LogP contribution in [0.5, 0.6) is 0 Å². The highest BCUT2D eigenvalue weighted by Gasteiger charge is 2.14. The van der Waals surface area contributed by atoms with E-state index in [0.717, 1.165) is 4.70 Å². The van der Waals surface area contributed by atoms with Crippen molar-refractivity contribution in [3.63, 3.8) is 0 Å². The maximum absolute atomic E-state index is 13.9. The number of hydrogen-bond acceptors (Lipinski definition) is 5. The summed E-state index contributed by atoms with van der Waals surface area (Å²) in [5.74, 6) is -0.132. The molecule has 6 heteroatoms. The number of methoxy groups -OCH3 is 1. The molecular weight excluding hydrogens is 325 g/mol. The first-order valence-corrected chi connectivity index (χ1v) is 7.74. The first kappa shape index (κ1) is 15.7. The highest BCUT2D eigenvalue weighted by atomic mass is 32.1. The Morgan fingerprint density at radius 2 is 1.92 bits per heavy atom. The Morgan fingerprint density at radius 1 is 1.17 bits per heavy atom. The highest BCUT2D eigenvalue weighted by molar-refractivity contribution is 7.21. The zero-order valence-electron chi connectivity index (χ0n) is 12.6. The average molecular weight is 335 g/mol. The lowest BCUT2D eigenvalue weighted by atomic mass is 10.1. The van der Waals surface area contributed by atoms with Gasteiger partial charge in [0.1, 0.15) is 23.0 Å². The van der Waals surface area contributed by atoms with Gasteiger partial charge in [0.2, 0.25) is 0 Å². The lowest BCUT2D eigenvalue weighted by Crippen LogP contribution is -1.92. The van der Waals surface area contributed by atoms with Crippen LogP contribution in [-0.4, -0.2) is 12.1 Å². The maximum Gasteiger partial charge on any atom is 0.172 e. The number of allylic oxidation sites excluding steroid dienone is 1. The molecule has 0 unspecified atom stereocenters. The van der Waals surface area contributed by atoms with Crippen molar-refractivity contribution in [1.29, 1.82) is 10.5 Å². The Labute approximate surface area is 141 Å². The molecule has 0 N–H and O–H groups in total. The molecule has 0 aliphatic heterocycles. The number of nitrogens with zero attached hydrogens (tertiary/aromatic N) is 3. The number of halogens is 1. The molecule has 2 aromatic carbocycles. The first-order chi connectivity index (χ1) is 11.7. The van der Waals surface area contributed by atoms with Crippen LogP contribution < -0.4 is 0 Å². The second-order valence-corrected chi connectivity index (χ2v) is 5.84. The Kier molecular flexibility index (Phi) is 4.24. The van der Waals surface area contributed by atoms with Gasteiger partial charge >= 0.3 is 0 Å². The summed E-state index contributed by atoms with van der Waals surface area (Å²) in [6.07, 6.45) is 0. The summed E-state index contributed by atoms with van der Waals surface area (Å²) in [7, 11) is 1.40. The van der Waals surface area contributed by atoms with Gasteiger partial charge in [-0.05, 0) is 30.3 Å². The van der Waals surface area contributed by atoms with E-state index in [1.54, 1.807) is 30.3 Å². The van der Waals surface area contributed by atoms with Crippen LogP contribution in [0.15, 0.2) is 48.0 Å². The molecule has 3 rings (SSSR count). The molecule has 0 amide bonds. The summed E-state index contributed by atoms with van der Waals surface area (Å²) >= 11 is 1.37. The van der Waals surface area contributed by atoms with Gasteiger partial charge in [0.05, 0.1) is 17.3 Å². The maximum atomic E-state index is 13.9. The van der Waals surface area contributed by atoms with E-state index >= 15 is 0 Å². The number of rotatable bonds is 3. The number of hydrogen-bond donors (Lipinski definition) is 0. The summed E-state index contributed by atoms with van der Waals surface area (Å²) in [5, 5.41) is 18.6. The van der Waals surface area contributed by atoms with Gasteiger partial charge in [-0.25, -0.2) is 9.37 Å². The molecule has 24 heavy (non-hydrogen) atoms. The number of benzene rings is 2. The van der Waals surface area contributed by atoms with Crippen LogP contribution in [0, 0.1) is 28.5 Å². The van der Waals surface area contributed by atoms with Gasteiger partial charge in [-0.1, -0.05) is 12.1 Å². The Balaban J connectivity index is 2.14. The fourth-order valence-corrected chi connectivity index (χ4v) is 3.28. The quantitative estimate of drug-likeness (QED) is 0.522. The average Bonchev–Trinajstić information content (AvgIpc) is 3.02. The first-order valence-electron chi connectivity index (χ1n) is 6.92. The number of nitriles is 2. The van der Waals surface area contributed by atoms with Crippen molar-refractivity contribution in [3.05, 3.63) is 59.4 Å². The molecule has 0 spiro atoms. The van der Waals surface area contributed by atoms with Crippen molar-refractivity contribution in [2.24, 2.45) is 0 Å². The molecule has 0 radical (unpaired) electrons. The van der Waals surface area contributed by atoms with E-state index in [9.17, 15) is 4.39 Å². The third-order valence-corrected chi connectivity index (χ3v) is 4.48. The Hall–Kier alpha value is -3.22. The van der Waals surface area contributed by atoms with E-state index in [1.165, 1.54) is 24.5 Å². The van der Waals surface area contributed by atoms with Crippen LogP contribution in [0.4, 0.5) is 4.39 Å². The second-order valence-electron chi connectivity index (χ2n) is 4.81. The zero-order chi connectivity index (χ0) is 17.1. The van der Waals surface area contributed by atoms with Crippen LogP contribution in [0.25, 0.3) is 26.5 Å². The third-order valence-electron chi connectivity index (χ3n) is 3.41. The van der Waals surface area contributed by atoms with Crippen molar-refractivity contribution < 1.29 is 9.13 Å². The zero-order valence-corrected chi connectivity index (χ0v) is 13.4. The fraction of sp³-hybridized carbons (Fsp3) is 0.0556. The summed E-state index contributed by atoms with van der Waals surface area (Å²) in [4.78, 5) is 4.47. The van der Waals surface area contributed by atoms with Crippen molar-refractivity contribution in [3.8, 4) is 22.7 Å². The van der Waals surface area contributed by atoms with Crippen molar-refractivity contribution >= 4 is 27.3 Å². The van der Waals surface area contributed by atoms with E-state index in [2.05, 4.69) is 4.98 Å². The van der Waals surface area contributed by atoms with E-state index in [0.29, 0.717) is 21.7 Å². The Bertz CT molecular complexity index is 1020. The number of thiazole rings is 1. The molecule has 0 saturated carbocycles. The monoisotopic (exact) mass is 335 g/mol. The molecule has 0 fully saturated rings. The minimum atomic E-state index is -0.328. The van der Waals surface area contributed by atoms with E-state index in [1.807, 2.05) is 18.2 Å². The standard InChI is InChI=1S/C18H10FN3OS/c1-23-17(12(9-20)10-21)11-6-7-16-15(8-11)22-18(24-16)13-4-2-3-5-14(13)19/h2-8H,1H3. The number of aromatic nitrogens is 1. The molecule has 1 heterocycles. The van der Waals surface area contributed by atoms with E-state index in [4.69, 9.17) is 15.3 Å². The lowest BCUT2D eigenvalue weighted by molar-refractivity contribution is 0.369. The molecule has 0 atom stereocenters. The molecule has 116 valence electrons. The molecule has 0 aliphatic carbocycles. The van der Waals surface area contributed by atoms with E-state index in [-0.39, 0.29) is 17.1 Å². The summed E-state index contributed by atoms with van der Waals surface area (Å²) in [5.41, 5.74) is 1.56.